The molecule has 3 N–H and O–H groups in total. The Morgan fingerprint density at radius 2 is 1.79 bits per heavy atom. The number of hydrogen-bond acceptors (Lipinski definition) is 4. The summed E-state index contributed by atoms with van der Waals surface area (Å²) in [7, 11) is 0. The van der Waals surface area contributed by atoms with E-state index in [2.05, 4.69) is 5.32 Å². The molecule has 1 aliphatic carbocycles. The minimum Gasteiger partial charge on any atom is -0.340 e. The molecule has 0 bridgehead atoms. The Morgan fingerprint density at radius 3 is 2.43 bits per heavy atom. The van der Waals surface area contributed by atoms with Gasteiger partial charge in [-0.2, -0.15) is 0 Å². The minimum atomic E-state index is -0.793. The zero-order valence-corrected chi connectivity index (χ0v) is 16.9. The highest BCUT2D eigenvalue weighted by Gasteiger charge is 2.51. The molecule has 1 aliphatic heterocycles. The molecule has 1 saturated carbocycles. The van der Waals surface area contributed by atoms with Crippen LogP contribution in [0.1, 0.15) is 37.7 Å². The van der Waals surface area contributed by atoms with Crippen molar-refractivity contribution < 1.29 is 14.4 Å². The maximum absolute atomic E-state index is 12.8. The second-order valence-corrected chi connectivity index (χ2v) is 7.37. The Labute approximate surface area is 172 Å². The maximum Gasteiger partial charge on any atom is 0.325 e. The highest BCUT2D eigenvalue weighted by molar-refractivity contribution is 6.09. The van der Waals surface area contributed by atoms with Crippen molar-refractivity contribution in [1.82, 2.24) is 15.1 Å². The molecule has 0 aromatic heterocycles. The van der Waals surface area contributed by atoms with Gasteiger partial charge >= 0.3 is 6.03 Å². The first-order valence-electron chi connectivity index (χ1n) is 9.72. The van der Waals surface area contributed by atoms with Crippen LogP contribution in [0, 0.1) is 0 Å². The Bertz CT molecular complexity index is 692. The van der Waals surface area contributed by atoms with Gasteiger partial charge in [0.15, 0.2) is 0 Å². The predicted molar refractivity (Wildman–Crippen MR) is 109 cm³/mol. The van der Waals surface area contributed by atoms with Gasteiger partial charge in [0.25, 0.3) is 5.91 Å². The monoisotopic (exact) mass is 408 g/mol. The van der Waals surface area contributed by atoms with Gasteiger partial charge < -0.3 is 16.0 Å². The van der Waals surface area contributed by atoms with E-state index in [0.717, 1.165) is 29.7 Å². The van der Waals surface area contributed by atoms with Crippen LogP contribution in [0.2, 0.25) is 0 Å². The van der Waals surface area contributed by atoms with Crippen molar-refractivity contribution in [3.05, 3.63) is 35.9 Å². The van der Waals surface area contributed by atoms with Crippen molar-refractivity contribution in [1.29, 1.82) is 0 Å². The Hall–Kier alpha value is -2.12. The van der Waals surface area contributed by atoms with E-state index in [1.807, 2.05) is 30.3 Å². The highest BCUT2D eigenvalue weighted by atomic mass is 35.5. The lowest BCUT2D eigenvalue weighted by Crippen LogP contribution is -2.49. The Morgan fingerprint density at radius 1 is 1.11 bits per heavy atom. The van der Waals surface area contributed by atoms with Gasteiger partial charge in [0.2, 0.25) is 5.91 Å². The van der Waals surface area contributed by atoms with Crippen LogP contribution in [0.25, 0.3) is 0 Å². The minimum absolute atomic E-state index is 0. The fraction of sp³-hybridized carbons (Fsp3) is 0.550. The highest BCUT2D eigenvalue weighted by Crippen LogP contribution is 2.33. The van der Waals surface area contributed by atoms with Crippen molar-refractivity contribution in [2.24, 2.45) is 5.73 Å². The molecule has 1 aromatic carbocycles. The summed E-state index contributed by atoms with van der Waals surface area (Å²) in [5, 5.41) is 2.85. The average Bonchev–Trinajstić information content (AvgIpc) is 2.90. The van der Waals surface area contributed by atoms with E-state index < -0.39 is 11.6 Å². The summed E-state index contributed by atoms with van der Waals surface area (Å²) < 4.78 is 0. The van der Waals surface area contributed by atoms with Gasteiger partial charge in [-0.05, 0) is 24.8 Å². The topological polar surface area (TPSA) is 95.7 Å². The number of nitrogens with one attached hydrogen (secondary N) is 1. The van der Waals surface area contributed by atoms with Gasteiger partial charge in [-0.1, -0.05) is 49.6 Å². The molecule has 2 fully saturated rings. The lowest BCUT2D eigenvalue weighted by Gasteiger charge is -2.30. The van der Waals surface area contributed by atoms with Gasteiger partial charge in [-0.25, -0.2) is 4.79 Å². The number of carbonyl (C=O) groups is 3. The van der Waals surface area contributed by atoms with E-state index in [1.165, 1.54) is 0 Å². The Kier molecular flexibility index (Phi) is 7.83. The molecular formula is C20H29ClN4O3. The van der Waals surface area contributed by atoms with Crippen molar-refractivity contribution in [3.63, 3.8) is 0 Å². The summed E-state index contributed by atoms with van der Waals surface area (Å²) in [6.45, 7) is 1.03. The maximum atomic E-state index is 12.8. The molecule has 0 unspecified atom stereocenters. The second-order valence-electron chi connectivity index (χ2n) is 7.37. The number of nitrogens with two attached hydrogens (primary N) is 1. The molecule has 1 aromatic rings. The van der Waals surface area contributed by atoms with E-state index >= 15 is 0 Å². The van der Waals surface area contributed by atoms with Crippen molar-refractivity contribution in [2.75, 3.05) is 26.2 Å². The van der Waals surface area contributed by atoms with Crippen molar-refractivity contribution >= 4 is 30.3 Å². The molecule has 28 heavy (non-hydrogen) atoms. The molecule has 1 saturated heterocycles. The summed E-state index contributed by atoms with van der Waals surface area (Å²) in [6.07, 6.45) is 4.93. The molecular weight excluding hydrogens is 380 g/mol. The lowest BCUT2D eigenvalue weighted by atomic mass is 9.82. The van der Waals surface area contributed by atoms with Gasteiger partial charge in [0, 0.05) is 19.6 Å². The number of halogens is 1. The molecule has 0 radical (unpaired) electrons. The van der Waals surface area contributed by atoms with Crippen LogP contribution in [0.15, 0.2) is 30.3 Å². The summed E-state index contributed by atoms with van der Waals surface area (Å²) in [5.41, 5.74) is 5.99. The third-order valence-corrected chi connectivity index (χ3v) is 5.51. The van der Waals surface area contributed by atoms with Crippen LogP contribution in [-0.4, -0.2) is 59.4 Å². The number of amides is 4. The van der Waals surface area contributed by atoms with E-state index in [9.17, 15) is 14.4 Å². The number of nitrogens with zero attached hydrogens (tertiary/aromatic N) is 2. The average molecular weight is 409 g/mol. The van der Waals surface area contributed by atoms with Crippen LogP contribution in [-0.2, 0) is 16.0 Å². The third-order valence-electron chi connectivity index (χ3n) is 5.51. The normalized spacial score (nSPS) is 18.0. The zero-order chi connectivity index (χ0) is 19.3. The number of imide groups is 1. The van der Waals surface area contributed by atoms with Crippen molar-refractivity contribution in [3.8, 4) is 0 Å². The van der Waals surface area contributed by atoms with E-state index in [4.69, 9.17) is 5.73 Å². The molecule has 4 amide bonds. The van der Waals surface area contributed by atoms with Gasteiger partial charge in [0.1, 0.15) is 12.1 Å². The summed E-state index contributed by atoms with van der Waals surface area (Å²) in [4.78, 5) is 40.7. The Balaban J connectivity index is 0.00000280. The first kappa shape index (κ1) is 22.2. The predicted octanol–water partition coefficient (Wildman–Crippen LogP) is 1.69. The number of urea groups is 1. The number of hydrogen-bond donors (Lipinski definition) is 2. The second kappa shape index (κ2) is 9.89. The lowest BCUT2D eigenvalue weighted by molar-refractivity contribution is -0.139. The molecule has 0 atom stereocenters. The fourth-order valence-electron chi connectivity index (χ4n) is 3.98. The molecule has 7 nitrogen and oxygen atoms in total. The molecule has 8 heteroatoms. The SMILES string of the molecule is Cl.NCCN(CCc1ccccc1)C(=O)CN1C(=O)NC2(CCCCC2)C1=O. The largest absolute Gasteiger partial charge is 0.340 e. The zero-order valence-electron chi connectivity index (χ0n) is 16.1. The number of carbonyl (C=O) groups excluding carboxylic acids is 3. The van der Waals surface area contributed by atoms with Gasteiger partial charge in [-0.3, -0.25) is 14.5 Å². The van der Waals surface area contributed by atoms with Gasteiger partial charge in [0.05, 0.1) is 0 Å². The van der Waals surface area contributed by atoms with Gasteiger partial charge in [-0.15, -0.1) is 12.4 Å². The third kappa shape index (κ3) is 4.83. The molecule has 2 aliphatic rings. The summed E-state index contributed by atoms with van der Waals surface area (Å²) in [5.74, 6) is -0.496. The first-order valence-corrected chi connectivity index (χ1v) is 9.72. The summed E-state index contributed by atoms with van der Waals surface area (Å²) in [6, 6.07) is 9.43. The molecule has 1 spiro atoms. The molecule has 3 rings (SSSR count). The van der Waals surface area contributed by atoms with Crippen molar-refractivity contribution in [2.45, 2.75) is 44.1 Å². The fourth-order valence-corrected chi connectivity index (χ4v) is 3.98. The van der Waals surface area contributed by atoms with Crippen LogP contribution >= 0.6 is 12.4 Å². The number of rotatable bonds is 7. The van der Waals surface area contributed by atoms with E-state index in [1.54, 1.807) is 4.90 Å². The van der Waals surface area contributed by atoms with Crippen LogP contribution in [0.3, 0.4) is 0 Å². The smallest absolute Gasteiger partial charge is 0.325 e. The quantitative estimate of drug-likeness (QED) is 0.671. The van der Waals surface area contributed by atoms with E-state index in [-0.39, 0.29) is 30.8 Å². The summed E-state index contributed by atoms with van der Waals surface area (Å²) >= 11 is 0. The van der Waals surface area contributed by atoms with Crippen LogP contribution < -0.4 is 11.1 Å². The standard InChI is InChI=1S/C20H28N4O3.ClH/c21-12-14-23(13-9-16-7-3-1-4-8-16)17(25)15-24-18(26)20(22-19(24)27)10-5-2-6-11-20;/h1,3-4,7-8H,2,5-6,9-15,21H2,(H,22,27);1H. The molecule has 154 valence electrons. The number of benzene rings is 1. The van der Waals surface area contributed by atoms with Crippen LogP contribution in [0.5, 0.6) is 0 Å². The first-order chi connectivity index (χ1) is 13.1. The molecule has 1 heterocycles. The van der Waals surface area contributed by atoms with Crippen LogP contribution in [0.4, 0.5) is 4.79 Å². The van der Waals surface area contributed by atoms with E-state index in [0.29, 0.717) is 38.9 Å².